The summed E-state index contributed by atoms with van der Waals surface area (Å²) in [7, 11) is 1.40. The van der Waals surface area contributed by atoms with Crippen LogP contribution < -0.4 is 4.74 Å². The van der Waals surface area contributed by atoms with Gasteiger partial charge in [0.25, 0.3) is 0 Å². The number of methoxy groups -OCH3 is 1. The molecule has 2 aromatic rings. The molecule has 0 amide bonds. The van der Waals surface area contributed by atoms with E-state index in [2.05, 4.69) is 41.3 Å². The first-order valence-corrected chi connectivity index (χ1v) is 8.82. The molecule has 25 heavy (non-hydrogen) atoms. The Labute approximate surface area is 148 Å². The van der Waals surface area contributed by atoms with Gasteiger partial charge in [-0.1, -0.05) is 36.4 Å². The van der Waals surface area contributed by atoms with Gasteiger partial charge in [0.2, 0.25) is 0 Å². The molecule has 2 heterocycles. The lowest BCUT2D eigenvalue weighted by molar-refractivity contribution is 0.0600. The molecule has 4 heteroatoms. The maximum atomic E-state index is 11.7. The van der Waals surface area contributed by atoms with Gasteiger partial charge in [0.15, 0.2) is 0 Å². The van der Waals surface area contributed by atoms with Crippen molar-refractivity contribution in [2.24, 2.45) is 0 Å². The molecular weight excluding hydrogens is 314 g/mol. The monoisotopic (exact) mass is 337 g/mol. The van der Waals surface area contributed by atoms with Gasteiger partial charge in [-0.25, -0.2) is 4.79 Å². The molecular formula is C21H23NO3. The van der Waals surface area contributed by atoms with Crippen LogP contribution in [0, 0.1) is 0 Å². The third-order valence-electron chi connectivity index (χ3n) is 5.54. The van der Waals surface area contributed by atoms with E-state index in [0.717, 1.165) is 38.2 Å². The zero-order valence-electron chi connectivity index (χ0n) is 14.5. The van der Waals surface area contributed by atoms with Gasteiger partial charge in [-0.3, -0.25) is 4.90 Å². The highest BCUT2D eigenvalue weighted by atomic mass is 16.5. The molecule has 0 atom stereocenters. The Morgan fingerprint density at radius 3 is 2.64 bits per heavy atom. The number of fused-ring (bicyclic) bond motifs is 2. The highest BCUT2D eigenvalue weighted by Crippen LogP contribution is 2.46. The Hall–Kier alpha value is -2.33. The standard InChI is InChI=1S/C21H23NO3/c1-24-20(23)17-7-8-18-19(13-17)25-15-21(18)9-11-22(12-10-21)14-16-5-3-2-4-6-16/h2-8,13H,9-12,14-15H2,1H3. The molecule has 2 aliphatic rings. The van der Waals surface area contributed by atoms with E-state index in [0.29, 0.717) is 12.2 Å². The normalized spacial score (nSPS) is 18.6. The maximum absolute atomic E-state index is 11.7. The summed E-state index contributed by atoms with van der Waals surface area (Å²) in [6.07, 6.45) is 2.18. The Bertz CT molecular complexity index is 764. The van der Waals surface area contributed by atoms with Crippen LogP contribution in [0.25, 0.3) is 0 Å². The Kier molecular flexibility index (Phi) is 4.22. The van der Waals surface area contributed by atoms with Crippen molar-refractivity contribution in [2.75, 3.05) is 26.8 Å². The summed E-state index contributed by atoms with van der Waals surface area (Å²) in [5.41, 5.74) is 3.26. The van der Waals surface area contributed by atoms with Crippen LogP contribution in [0.2, 0.25) is 0 Å². The Morgan fingerprint density at radius 2 is 1.92 bits per heavy atom. The van der Waals surface area contributed by atoms with Crippen LogP contribution in [0.3, 0.4) is 0 Å². The molecule has 1 spiro atoms. The molecule has 4 rings (SSSR count). The van der Waals surface area contributed by atoms with Crippen molar-refractivity contribution in [2.45, 2.75) is 24.8 Å². The van der Waals surface area contributed by atoms with Crippen molar-refractivity contribution in [3.63, 3.8) is 0 Å². The highest BCUT2D eigenvalue weighted by molar-refractivity contribution is 5.90. The molecule has 1 fully saturated rings. The molecule has 0 aromatic heterocycles. The van der Waals surface area contributed by atoms with Gasteiger partial charge < -0.3 is 9.47 Å². The lowest BCUT2D eigenvalue weighted by Gasteiger charge is -2.38. The zero-order chi connectivity index (χ0) is 17.3. The number of benzene rings is 2. The van der Waals surface area contributed by atoms with E-state index in [1.165, 1.54) is 18.2 Å². The summed E-state index contributed by atoms with van der Waals surface area (Å²) in [6, 6.07) is 16.4. The maximum Gasteiger partial charge on any atom is 0.337 e. The van der Waals surface area contributed by atoms with Gasteiger partial charge in [0, 0.05) is 17.5 Å². The van der Waals surface area contributed by atoms with Crippen molar-refractivity contribution in [1.82, 2.24) is 4.90 Å². The summed E-state index contributed by atoms with van der Waals surface area (Å²) in [6.45, 7) is 3.85. The van der Waals surface area contributed by atoms with E-state index in [9.17, 15) is 4.79 Å². The summed E-state index contributed by atoms with van der Waals surface area (Å²) >= 11 is 0. The predicted octanol–water partition coefficient (Wildman–Crippen LogP) is 3.40. The average molecular weight is 337 g/mol. The van der Waals surface area contributed by atoms with Crippen LogP contribution in [0.4, 0.5) is 0 Å². The van der Waals surface area contributed by atoms with E-state index in [1.54, 1.807) is 0 Å². The number of nitrogens with zero attached hydrogens (tertiary/aromatic N) is 1. The van der Waals surface area contributed by atoms with Crippen molar-refractivity contribution in [3.8, 4) is 5.75 Å². The van der Waals surface area contributed by atoms with E-state index in [-0.39, 0.29) is 11.4 Å². The molecule has 1 saturated heterocycles. The van der Waals surface area contributed by atoms with E-state index in [1.807, 2.05) is 12.1 Å². The summed E-state index contributed by atoms with van der Waals surface area (Å²) < 4.78 is 10.8. The number of piperidine rings is 1. The number of esters is 1. The number of ether oxygens (including phenoxy) is 2. The molecule has 130 valence electrons. The second-order valence-corrected chi connectivity index (χ2v) is 7.03. The minimum absolute atomic E-state index is 0.0944. The number of hydrogen-bond acceptors (Lipinski definition) is 4. The molecule has 0 saturated carbocycles. The molecule has 0 aliphatic carbocycles. The van der Waals surface area contributed by atoms with Crippen molar-refractivity contribution in [1.29, 1.82) is 0 Å². The largest absolute Gasteiger partial charge is 0.492 e. The third kappa shape index (κ3) is 3.02. The molecule has 4 nitrogen and oxygen atoms in total. The van der Waals surface area contributed by atoms with Gasteiger partial charge in [-0.2, -0.15) is 0 Å². The topological polar surface area (TPSA) is 38.8 Å². The molecule has 2 aliphatic heterocycles. The molecule has 0 radical (unpaired) electrons. The number of rotatable bonds is 3. The van der Waals surface area contributed by atoms with Crippen LogP contribution in [-0.4, -0.2) is 37.7 Å². The molecule has 0 bridgehead atoms. The predicted molar refractivity (Wildman–Crippen MR) is 95.9 cm³/mol. The molecule has 0 N–H and O–H groups in total. The number of carbonyl (C=O) groups excluding carboxylic acids is 1. The number of hydrogen-bond donors (Lipinski definition) is 0. The lowest BCUT2D eigenvalue weighted by atomic mass is 9.74. The van der Waals surface area contributed by atoms with Gasteiger partial charge in [-0.05, 0) is 43.6 Å². The Morgan fingerprint density at radius 1 is 1.16 bits per heavy atom. The zero-order valence-corrected chi connectivity index (χ0v) is 14.5. The summed E-state index contributed by atoms with van der Waals surface area (Å²) in [5, 5.41) is 0. The second kappa shape index (κ2) is 6.52. The summed E-state index contributed by atoms with van der Waals surface area (Å²) in [4.78, 5) is 14.2. The fourth-order valence-electron chi connectivity index (χ4n) is 4.01. The minimum atomic E-state index is -0.315. The lowest BCUT2D eigenvalue weighted by Crippen LogP contribution is -2.43. The quantitative estimate of drug-likeness (QED) is 0.805. The van der Waals surface area contributed by atoms with Crippen LogP contribution in [-0.2, 0) is 16.7 Å². The fraction of sp³-hybridized carbons (Fsp3) is 0.381. The van der Waals surface area contributed by atoms with Crippen molar-refractivity contribution in [3.05, 3.63) is 65.2 Å². The van der Waals surface area contributed by atoms with E-state index in [4.69, 9.17) is 9.47 Å². The van der Waals surface area contributed by atoms with Crippen molar-refractivity contribution >= 4 is 5.97 Å². The molecule has 0 unspecified atom stereocenters. The first-order valence-electron chi connectivity index (χ1n) is 8.82. The van der Waals surface area contributed by atoms with Gasteiger partial charge in [-0.15, -0.1) is 0 Å². The van der Waals surface area contributed by atoms with Crippen LogP contribution in [0.5, 0.6) is 5.75 Å². The SMILES string of the molecule is COC(=O)c1ccc2c(c1)OCC21CCN(Cc2ccccc2)CC1. The fourth-order valence-corrected chi connectivity index (χ4v) is 4.01. The van der Waals surface area contributed by atoms with Gasteiger partial charge in [0.05, 0.1) is 19.3 Å². The van der Waals surface area contributed by atoms with Crippen LogP contribution >= 0.6 is 0 Å². The Balaban J connectivity index is 1.47. The summed E-state index contributed by atoms with van der Waals surface area (Å²) in [5.74, 6) is 0.532. The minimum Gasteiger partial charge on any atom is -0.492 e. The van der Waals surface area contributed by atoms with E-state index >= 15 is 0 Å². The number of likely N-dealkylation sites (tertiary alicyclic amines) is 1. The second-order valence-electron chi connectivity index (χ2n) is 7.03. The highest BCUT2D eigenvalue weighted by Gasteiger charge is 2.43. The number of carbonyl (C=O) groups is 1. The van der Waals surface area contributed by atoms with Gasteiger partial charge >= 0.3 is 5.97 Å². The average Bonchev–Trinajstić information content (AvgIpc) is 3.02. The van der Waals surface area contributed by atoms with Crippen molar-refractivity contribution < 1.29 is 14.3 Å². The van der Waals surface area contributed by atoms with Gasteiger partial charge in [0.1, 0.15) is 5.75 Å². The smallest absolute Gasteiger partial charge is 0.337 e. The van der Waals surface area contributed by atoms with Crippen LogP contribution in [0.1, 0.15) is 34.3 Å². The third-order valence-corrected chi connectivity index (χ3v) is 5.54. The molecule has 2 aromatic carbocycles. The first kappa shape index (κ1) is 16.2. The van der Waals surface area contributed by atoms with Crippen LogP contribution in [0.15, 0.2) is 48.5 Å². The first-order chi connectivity index (χ1) is 12.2. The van der Waals surface area contributed by atoms with E-state index < -0.39 is 0 Å².